The molecule has 1 amide bonds. The van der Waals surface area contributed by atoms with E-state index in [0.29, 0.717) is 10.5 Å². The van der Waals surface area contributed by atoms with Crippen LogP contribution in [-0.4, -0.2) is 10.5 Å². The van der Waals surface area contributed by atoms with Gasteiger partial charge in [-0.1, -0.05) is 20.8 Å². The average Bonchev–Trinajstić information content (AvgIpc) is 2.77. The van der Waals surface area contributed by atoms with Crippen molar-refractivity contribution in [1.29, 1.82) is 0 Å². The van der Waals surface area contributed by atoms with Crippen molar-refractivity contribution >= 4 is 17.2 Å². The molecule has 2 aromatic rings. The smallest absolute Gasteiger partial charge is 0.292 e. The minimum Gasteiger partial charge on any atom is -0.292 e. The van der Waals surface area contributed by atoms with Gasteiger partial charge in [-0.2, -0.15) is 18.2 Å². The van der Waals surface area contributed by atoms with Crippen LogP contribution in [0.4, 0.5) is 13.2 Å². The predicted molar refractivity (Wildman–Crippen MR) is 83.4 cm³/mol. The van der Waals surface area contributed by atoms with Gasteiger partial charge in [0, 0.05) is 22.2 Å². The number of alkyl halides is 3. The molecule has 0 radical (unpaired) electrons. The summed E-state index contributed by atoms with van der Waals surface area (Å²) >= 11 is 1.32. The minimum absolute atomic E-state index is 0.278. The summed E-state index contributed by atoms with van der Waals surface area (Å²) in [5.74, 6) is -0.278. The third-order valence-electron chi connectivity index (χ3n) is 3.08. The molecule has 3 nitrogen and oxygen atoms in total. The summed E-state index contributed by atoms with van der Waals surface area (Å²) in [6, 6.07) is 4.78. The van der Waals surface area contributed by atoms with Gasteiger partial charge in [0.2, 0.25) is 0 Å². The van der Waals surface area contributed by atoms with E-state index in [1.165, 1.54) is 23.5 Å². The summed E-state index contributed by atoms with van der Waals surface area (Å²) in [6.45, 7) is 7.15. The molecule has 124 valence electrons. The van der Waals surface area contributed by atoms with Gasteiger partial charge in [0.25, 0.3) is 5.91 Å². The van der Waals surface area contributed by atoms with Crippen LogP contribution < -0.4 is 4.80 Å². The van der Waals surface area contributed by atoms with Gasteiger partial charge in [-0.15, -0.1) is 11.3 Å². The highest BCUT2D eigenvalue weighted by molar-refractivity contribution is 7.09. The van der Waals surface area contributed by atoms with Crippen LogP contribution in [0.5, 0.6) is 0 Å². The summed E-state index contributed by atoms with van der Waals surface area (Å²) in [4.78, 5) is 17.6. The van der Waals surface area contributed by atoms with E-state index in [0.717, 1.165) is 17.0 Å². The van der Waals surface area contributed by atoms with Gasteiger partial charge in [0.1, 0.15) is 0 Å². The van der Waals surface area contributed by atoms with Crippen molar-refractivity contribution in [3.63, 3.8) is 0 Å². The van der Waals surface area contributed by atoms with Crippen LogP contribution >= 0.6 is 11.3 Å². The number of rotatable bonds is 1. The first kappa shape index (κ1) is 17.5. The second kappa shape index (κ2) is 5.96. The van der Waals surface area contributed by atoms with Gasteiger partial charge in [-0.3, -0.25) is 9.36 Å². The van der Waals surface area contributed by atoms with Crippen molar-refractivity contribution < 1.29 is 18.0 Å². The standard InChI is InChI=1S/C16H17F3N2OS/c1-10-9-21(14(23-10)20-13(22)15(2,3)4)12-7-5-11(6-8-12)16(17,18)19/h5-9H,1-4H3/b20-14-. The van der Waals surface area contributed by atoms with E-state index in [2.05, 4.69) is 4.99 Å². The van der Waals surface area contributed by atoms with Crippen molar-refractivity contribution in [2.45, 2.75) is 33.9 Å². The molecule has 0 saturated heterocycles. The van der Waals surface area contributed by atoms with Gasteiger partial charge >= 0.3 is 6.18 Å². The van der Waals surface area contributed by atoms with Gasteiger partial charge in [0.05, 0.1) is 5.56 Å². The normalized spacial score (nSPS) is 13.4. The van der Waals surface area contributed by atoms with E-state index >= 15 is 0 Å². The van der Waals surface area contributed by atoms with Crippen LogP contribution in [0.3, 0.4) is 0 Å². The fourth-order valence-corrected chi connectivity index (χ4v) is 2.61. The first-order valence-corrected chi connectivity index (χ1v) is 7.76. The quantitative estimate of drug-likeness (QED) is 0.759. The molecule has 1 aromatic heterocycles. The van der Waals surface area contributed by atoms with Crippen molar-refractivity contribution in [2.24, 2.45) is 10.4 Å². The first-order chi connectivity index (χ1) is 10.5. The van der Waals surface area contributed by atoms with E-state index in [1.807, 2.05) is 6.92 Å². The number of carbonyl (C=O) groups excluding carboxylic acids is 1. The third-order valence-corrected chi connectivity index (χ3v) is 3.98. The van der Waals surface area contributed by atoms with Crippen LogP contribution in [0.15, 0.2) is 35.5 Å². The summed E-state index contributed by atoms with van der Waals surface area (Å²) in [5, 5.41) is 0. The molecule has 0 aliphatic heterocycles. The topological polar surface area (TPSA) is 34.4 Å². The number of amides is 1. The lowest BCUT2D eigenvalue weighted by Gasteiger charge is -2.12. The van der Waals surface area contributed by atoms with Gasteiger partial charge in [-0.05, 0) is 31.2 Å². The number of hydrogen-bond acceptors (Lipinski definition) is 2. The number of carbonyl (C=O) groups is 1. The van der Waals surface area contributed by atoms with Crippen LogP contribution in [0.25, 0.3) is 5.69 Å². The lowest BCUT2D eigenvalue weighted by Crippen LogP contribution is -2.23. The largest absolute Gasteiger partial charge is 0.416 e. The Morgan fingerprint density at radius 2 is 1.70 bits per heavy atom. The first-order valence-electron chi connectivity index (χ1n) is 6.94. The van der Waals surface area contributed by atoms with Crippen LogP contribution in [-0.2, 0) is 11.0 Å². The Labute approximate surface area is 136 Å². The van der Waals surface area contributed by atoms with Gasteiger partial charge < -0.3 is 0 Å². The molecule has 1 aromatic carbocycles. The lowest BCUT2D eigenvalue weighted by atomic mass is 9.96. The Balaban J connectivity index is 2.49. The number of thiazole rings is 1. The molecule has 0 fully saturated rings. The van der Waals surface area contributed by atoms with Gasteiger partial charge in [-0.25, -0.2) is 0 Å². The van der Waals surface area contributed by atoms with Crippen LogP contribution in [0, 0.1) is 12.3 Å². The zero-order valence-electron chi connectivity index (χ0n) is 13.2. The zero-order valence-corrected chi connectivity index (χ0v) is 14.0. The summed E-state index contributed by atoms with van der Waals surface area (Å²) in [6.07, 6.45) is -2.62. The molecule has 0 aliphatic rings. The van der Waals surface area contributed by atoms with Crippen molar-refractivity contribution in [3.8, 4) is 5.69 Å². The Bertz CT molecular complexity index is 777. The molecule has 7 heteroatoms. The fraction of sp³-hybridized carbons (Fsp3) is 0.375. The van der Waals surface area contributed by atoms with E-state index in [9.17, 15) is 18.0 Å². The molecule has 0 atom stereocenters. The number of nitrogens with zero attached hydrogens (tertiary/aromatic N) is 2. The number of aryl methyl sites for hydroxylation is 1. The Kier molecular flexibility index (Phi) is 4.52. The molecular formula is C16H17F3N2OS. The number of benzene rings is 1. The second-order valence-corrected chi connectivity index (χ2v) is 7.42. The monoisotopic (exact) mass is 342 g/mol. The SMILES string of the molecule is Cc1cn(-c2ccc(C(F)(F)F)cc2)/c(=N/C(=O)C(C)(C)C)s1. The predicted octanol–water partition coefficient (Wildman–Crippen LogP) is 4.34. The highest BCUT2D eigenvalue weighted by Crippen LogP contribution is 2.29. The van der Waals surface area contributed by atoms with Gasteiger partial charge in [0.15, 0.2) is 4.80 Å². The van der Waals surface area contributed by atoms with E-state index in [1.54, 1.807) is 31.5 Å². The van der Waals surface area contributed by atoms with E-state index in [4.69, 9.17) is 0 Å². The molecular weight excluding hydrogens is 325 g/mol. The fourth-order valence-electron chi connectivity index (χ4n) is 1.78. The molecule has 0 aliphatic carbocycles. The van der Waals surface area contributed by atoms with Crippen molar-refractivity contribution in [2.75, 3.05) is 0 Å². The van der Waals surface area contributed by atoms with Crippen LogP contribution in [0.1, 0.15) is 31.2 Å². The number of aromatic nitrogens is 1. The lowest BCUT2D eigenvalue weighted by molar-refractivity contribution is -0.137. The highest BCUT2D eigenvalue weighted by atomic mass is 32.1. The number of hydrogen-bond donors (Lipinski definition) is 0. The minimum atomic E-state index is -4.37. The molecule has 0 unspecified atom stereocenters. The summed E-state index contributed by atoms with van der Waals surface area (Å²) in [7, 11) is 0. The highest BCUT2D eigenvalue weighted by Gasteiger charge is 2.30. The third kappa shape index (κ3) is 4.10. The zero-order chi connectivity index (χ0) is 17.4. The van der Waals surface area contributed by atoms with E-state index in [-0.39, 0.29) is 5.91 Å². The molecule has 0 bridgehead atoms. The number of halogens is 3. The Morgan fingerprint density at radius 1 is 1.13 bits per heavy atom. The molecule has 1 heterocycles. The maximum absolute atomic E-state index is 12.6. The maximum atomic E-state index is 12.6. The summed E-state index contributed by atoms with van der Waals surface area (Å²) in [5.41, 5.74) is -0.795. The molecule has 0 N–H and O–H groups in total. The van der Waals surface area contributed by atoms with Crippen LogP contribution in [0.2, 0.25) is 0 Å². The van der Waals surface area contributed by atoms with E-state index < -0.39 is 17.2 Å². The molecule has 0 spiro atoms. The molecule has 23 heavy (non-hydrogen) atoms. The molecule has 2 rings (SSSR count). The maximum Gasteiger partial charge on any atom is 0.416 e. The molecule has 0 saturated carbocycles. The Morgan fingerprint density at radius 3 is 2.17 bits per heavy atom. The Hall–Kier alpha value is -1.89. The summed E-state index contributed by atoms with van der Waals surface area (Å²) < 4.78 is 39.6. The van der Waals surface area contributed by atoms with Crippen molar-refractivity contribution in [1.82, 2.24) is 4.57 Å². The second-order valence-electron chi connectivity index (χ2n) is 6.21. The average molecular weight is 342 g/mol. The van der Waals surface area contributed by atoms with Crippen molar-refractivity contribution in [3.05, 3.63) is 45.7 Å².